The first-order chi connectivity index (χ1) is 10.3. The van der Waals surface area contributed by atoms with Gasteiger partial charge in [0.25, 0.3) is 0 Å². The Morgan fingerprint density at radius 3 is 2.19 bits per heavy atom. The van der Waals surface area contributed by atoms with Gasteiger partial charge >= 0.3 is 0 Å². The minimum Gasteiger partial charge on any atom is -0.288 e. The maximum absolute atomic E-state index is 14.5. The molecule has 0 amide bonds. The molecule has 0 bridgehead atoms. The second kappa shape index (κ2) is 5.71. The van der Waals surface area contributed by atoms with Crippen molar-refractivity contribution in [2.45, 2.75) is 6.17 Å². The van der Waals surface area contributed by atoms with Gasteiger partial charge in [0.1, 0.15) is 5.69 Å². The number of rotatable bonds is 3. The quantitative estimate of drug-likeness (QED) is 0.738. The lowest BCUT2D eigenvalue weighted by molar-refractivity contribution is 0.385. The molecule has 1 atom stereocenters. The zero-order valence-electron chi connectivity index (χ0n) is 11.2. The SMILES string of the molecule is O=c1ccn(-c2ccccc2)nc1C(F)c1ccccc1. The smallest absolute Gasteiger partial charge is 0.206 e. The molecule has 4 heteroatoms. The van der Waals surface area contributed by atoms with Crippen molar-refractivity contribution < 1.29 is 4.39 Å². The average Bonchev–Trinajstić information content (AvgIpc) is 2.56. The summed E-state index contributed by atoms with van der Waals surface area (Å²) < 4.78 is 16.1. The fourth-order valence-corrected chi connectivity index (χ4v) is 2.10. The fourth-order valence-electron chi connectivity index (χ4n) is 2.10. The summed E-state index contributed by atoms with van der Waals surface area (Å²) in [5.41, 5.74) is 0.693. The van der Waals surface area contributed by atoms with E-state index in [2.05, 4.69) is 5.10 Å². The third-order valence-electron chi connectivity index (χ3n) is 3.19. The van der Waals surface area contributed by atoms with Crippen LogP contribution in [0.3, 0.4) is 0 Å². The summed E-state index contributed by atoms with van der Waals surface area (Å²) in [7, 11) is 0. The number of halogens is 1. The second-order valence-electron chi connectivity index (χ2n) is 4.62. The molecule has 0 fully saturated rings. The third-order valence-corrected chi connectivity index (χ3v) is 3.19. The van der Waals surface area contributed by atoms with Crippen LogP contribution in [0.4, 0.5) is 4.39 Å². The van der Waals surface area contributed by atoms with Crippen LogP contribution in [0.5, 0.6) is 0 Å². The lowest BCUT2D eigenvalue weighted by Crippen LogP contribution is -2.18. The van der Waals surface area contributed by atoms with Crippen molar-refractivity contribution in [2.75, 3.05) is 0 Å². The zero-order valence-corrected chi connectivity index (χ0v) is 11.2. The molecule has 0 N–H and O–H groups in total. The maximum atomic E-state index is 14.5. The van der Waals surface area contributed by atoms with E-state index in [1.807, 2.05) is 30.3 Å². The molecule has 3 rings (SSSR count). The Hall–Kier alpha value is -2.75. The van der Waals surface area contributed by atoms with Gasteiger partial charge in [-0.05, 0) is 17.7 Å². The summed E-state index contributed by atoms with van der Waals surface area (Å²) in [4.78, 5) is 11.9. The summed E-state index contributed by atoms with van der Waals surface area (Å²) in [6, 6.07) is 19.2. The minimum absolute atomic E-state index is 0.104. The molecule has 1 aromatic heterocycles. The molecule has 1 heterocycles. The third kappa shape index (κ3) is 2.74. The lowest BCUT2D eigenvalue weighted by atomic mass is 10.1. The molecule has 2 aromatic carbocycles. The molecule has 0 spiro atoms. The molecular weight excluding hydrogens is 267 g/mol. The van der Waals surface area contributed by atoms with E-state index in [1.165, 1.54) is 10.7 Å². The van der Waals surface area contributed by atoms with Gasteiger partial charge < -0.3 is 0 Å². The molecule has 0 aliphatic carbocycles. The van der Waals surface area contributed by atoms with Crippen molar-refractivity contribution in [3.8, 4) is 5.69 Å². The van der Waals surface area contributed by atoms with Crippen molar-refractivity contribution in [3.63, 3.8) is 0 Å². The van der Waals surface area contributed by atoms with Gasteiger partial charge in [0.05, 0.1) is 5.69 Å². The van der Waals surface area contributed by atoms with E-state index in [-0.39, 0.29) is 5.69 Å². The Bertz CT molecular complexity index is 785. The summed E-state index contributed by atoms with van der Waals surface area (Å²) in [5.74, 6) is 0. The maximum Gasteiger partial charge on any atom is 0.206 e. The van der Waals surface area contributed by atoms with Gasteiger partial charge in [-0.25, -0.2) is 9.07 Å². The topological polar surface area (TPSA) is 34.9 Å². The highest BCUT2D eigenvalue weighted by molar-refractivity contribution is 5.31. The molecule has 21 heavy (non-hydrogen) atoms. The van der Waals surface area contributed by atoms with E-state index in [4.69, 9.17) is 0 Å². The standard InChI is InChI=1S/C17H13FN2O/c18-16(13-7-3-1-4-8-13)17-15(21)11-12-20(19-17)14-9-5-2-6-10-14/h1-12,16H. The van der Waals surface area contributed by atoms with Gasteiger partial charge in [-0.1, -0.05) is 48.5 Å². The molecule has 3 nitrogen and oxygen atoms in total. The summed E-state index contributed by atoms with van der Waals surface area (Å²) in [6.45, 7) is 0. The number of hydrogen-bond donors (Lipinski definition) is 0. The lowest BCUT2D eigenvalue weighted by Gasteiger charge is -2.10. The molecule has 0 saturated heterocycles. The van der Waals surface area contributed by atoms with Gasteiger partial charge in [-0.2, -0.15) is 5.10 Å². The van der Waals surface area contributed by atoms with Gasteiger partial charge in [0.2, 0.25) is 5.43 Å². The van der Waals surface area contributed by atoms with Crippen molar-refractivity contribution in [3.05, 3.63) is 94.4 Å². The zero-order chi connectivity index (χ0) is 14.7. The van der Waals surface area contributed by atoms with Crippen LogP contribution >= 0.6 is 0 Å². The Kier molecular flexibility index (Phi) is 3.60. The van der Waals surface area contributed by atoms with Crippen molar-refractivity contribution >= 4 is 0 Å². The van der Waals surface area contributed by atoms with Crippen LogP contribution < -0.4 is 5.43 Å². The van der Waals surface area contributed by atoms with Gasteiger partial charge in [-0.3, -0.25) is 4.79 Å². The molecule has 0 radical (unpaired) electrons. The number of nitrogens with zero attached hydrogens (tertiary/aromatic N) is 2. The van der Waals surface area contributed by atoms with Crippen LogP contribution in [0.25, 0.3) is 5.69 Å². The number of alkyl halides is 1. The summed E-state index contributed by atoms with van der Waals surface area (Å²) >= 11 is 0. The molecular formula is C17H13FN2O. The highest BCUT2D eigenvalue weighted by Gasteiger charge is 2.18. The Balaban J connectivity index is 2.05. The van der Waals surface area contributed by atoms with E-state index in [9.17, 15) is 9.18 Å². The second-order valence-corrected chi connectivity index (χ2v) is 4.62. The molecule has 1 unspecified atom stereocenters. The first kappa shape index (κ1) is 13.2. The minimum atomic E-state index is -1.53. The van der Waals surface area contributed by atoms with Crippen LogP contribution in [-0.2, 0) is 0 Å². The van der Waals surface area contributed by atoms with Crippen LogP contribution in [-0.4, -0.2) is 9.78 Å². The normalized spacial score (nSPS) is 12.0. The van der Waals surface area contributed by atoms with Crippen molar-refractivity contribution in [1.82, 2.24) is 9.78 Å². The number of para-hydroxylation sites is 1. The van der Waals surface area contributed by atoms with Crippen molar-refractivity contribution in [2.24, 2.45) is 0 Å². The fraction of sp³-hybridized carbons (Fsp3) is 0.0588. The van der Waals surface area contributed by atoms with E-state index >= 15 is 0 Å². The van der Waals surface area contributed by atoms with Crippen molar-refractivity contribution in [1.29, 1.82) is 0 Å². The molecule has 0 aliphatic rings. The van der Waals surface area contributed by atoms with Crippen LogP contribution in [0.15, 0.2) is 77.7 Å². The summed E-state index contributed by atoms with van der Waals surface area (Å²) in [6.07, 6.45) is 0.00802. The number of hydrogen-bond acceptors (Lipinski definition) is 2. The number of benzene rings is 2. The van der Waals surface area contributed by atoms with Crippen LogP contribution in [0.1, 0.15) is 17.4 Å². The van der Waals surface area contributed by atoms with Crippen LogP contribution in [0, 0.1) is 0 Å². The van der Waals surface area contributed by atoms with Gasteiger partial charge in [-0.15, -0.1) is 0 Å². The highest BCUT2D eigenvalue weighted by Crippen LogP contribution is 2.21. The summed E-state index contributed by atoms with van der Waals surface area (Å²) in [5, 5.41) is 4.15. The Morgan fingerprint density at radius 1 is 0.905 bits per heavy atom. The van der Waals surface area contributed by atoms with Gasteiger partial charge in [0.15, 0.2) is 6.17 Å². The molecule has 0 saturated carbocycles. The Morgan fingerprint density at radius 2 is 1.52 bits per heavy atom. The predicted octanol–water partition coefficient (Wildman–Crippen LogP) is 3.29. The largest absolute Gasteiger partial charge is 0.288 e. The Labute approximate surface area is 121 Å². The molecule has 3 aromatic rings. The first-order valence-corrected chi connectivity index (χ1v) is 6.60. The molecule has 104 valence electrons. The number of aromatic nitrogens is 2. The predicted molar refractivity (Wildman–Crippen MR) is 79.2 cm³/mol. The van der Waals surface area contributed by atoms with E-state index in [0.29, 0.717) is 5.56 Å². The average molecular weight is 280 g/mol. The van der Waals surface area contributed by atoms with Gasteiger partial charge in [0, 0.05) is 12.3 Å². The van der Waals surface area contributed by atoms with Crippen LogP contribution in [0.2, 0.25) is 0 Å². The van der Waals surface area contributed by atoms with E-state index in [0.717, 1.165) is 5.69 Å². The first-order valence-electron chi connectivity index (χ1n) is 6.60. The molecule has 0 aliphatic heterocycles. The van der Waals surface area contributed by atoms with E-state index < -0.39 is 11.6 Å². The van der Waals surface area contributed by atoms with E-state index in [1.54, 1.807) is 36.5 Å². The highest BCUT2D eigenvalue weighted by atomic mass is 19.1. The monoisotopic (exact) mass is 280 g/mol.